The number of amides is 1. The Labute approximate surface area is 209 Å². The van der Waals surface area contributed by atoms with E-state index in [9.17, 15) is 4.79 Å². The van der Waals surface area contributed by atoms with Crippen LogP contribution >= 0.6 is 11.8 Å². The zero-order valence-electron chi connectivity index (χ0n) is 20.0. The monoisotopic (exact) mass is 484 g/mol. The molecule has 4 aromatic rings. The zero-order chi connectivity index (χ0) is 24.6. The molecule has 7 nitrogen and oxygen atoms in total. The molecule has 0 unspecified atom stereocenters. The van der Waals surface area contributed by atoms with Crippen molar-refractivity contribution in [2.45, 2.75) is 37.7 Å². The predicted molar refractivity (Wildman–Crippen MR) is 142 cm³/mol. The fraction of sp³-hybridized carbons (Fsp3) is 0.185. The molecular formula is C27H28N6OS. The minimum atomic E-state index is -0.422. The van der Waals surface area contributed by atoms with E-state index in [0.717, 1.165) is 22.8 Å². The molecule has 0 aliphatic heterocycles. The number of rotatable bonds is 9. The number of para-hydroxylation sites is 1. The van der Waals surface area contributed by atoms with Gasteiger partial charge in [-0.25, -0.2) is 5.43 Å². The van der Waals surface area contributed by atoms with E-state index in [1.807, 2.05) is 85.1 Å². The smallest absolute Gasteiger partial charge is 0.253 e. The molecule has 1 heterocycles. The fourth-order valence-corrected chi connectivity index (χ4v) is 4.19. The summed E-state index contributed by atoms with van der Waals surface area (Å²) in [5.74, 6) is 0.546. The molecule has 1 amide bonds. The maximum absolute atomic E-state index is 12.7. The van der Waals surface area contributed by atoms with Gasteiger partial charge in [0.25, 0.3) is 5.91 Å². The fourth-order valence-electron chi connectivity index (χ4n) is 3.31. The standard InChI is InChI=1S/C27H28N6OS/c1-19-9-13-22(14-10-19)17-29-31-26(34)21(3)35-27-32-30-25(33(27)24-7-5-4-6-8-24)18-28-23-15-11-20(2)12-16-23/h4-17,21,28H,18H2,1-3H3,(H,31,34)/t21-/m1/s1. The Kier molecular flexibility index (Phi) is 7.95. The third-order valence-electron chi connectivity index (χ3n) is 5.33. The van der Waals surface area contributed by atoms with Crippen molar-refractivity contribution in [2.24, 2.45) is 5.10 Å². The minimum absolute atomic E-state index is 0.208. The minimum Gasteiger partial charge on any atom is -0.378 e. The lowest BCUT2D eigenvalue weighted by molar-refractivity contribution is -0.120. The predicted octanol–water partition coefficient (Wildman–Crippen LogP) is 5.13. The van der Waals surface area contributed by atoms with Crippen LogP contribution in [0.1, 0.15) is 29.4 Å². The summed E-state index contributed by atoms with van der Waals surface area (Å²) in [5, 5.41) is 16.5. The molecule has 8 heteroatoms. The van der Waals surface area contributed by atoms with E-state index in [0.29, 0.717) is 11.7 Å². The highest BCUT2D eigenvalue weighted by molar-refractivity contribution is 8.00. The molecule has 0 bridgehead atoms. The van der Waals surface area contributed by atoms with Gasteiger partial charge in [-0.2, -0.15) is 5.10 Å². The Morgan fingerprint density at radius 3 is 2.31 bits per heavy atom. The highest BCUT2D eigenvalue weighted by Crippen LogP contribution is 2.26. The Morgan fingerprint density at radius 1 is 0.971 bits per heavy atom. The summed E-state index contributed by atoms with van der Waals surface area (Å²) in [6.07, 6.45) is 1.63. The van der Waals surface area contributed by atoms with Gasteiger partial charge in [0, 0.05) is 11.4 Å². The van der Waals surface area contributed by atoms with Crippen LogP contribution in [0.3, 0.4) is 0 Å². The van der Waals surface area contributed by atoms with E-state index in [1.165, 1.54) is 22.9 Å². The maximum atomic E-state index is 12.7. The number of hydrogen-bond acceptors (Lipinski definition) is 6. The van der Waals surface area contributed by atoms with Gasteiger partial charge in [0.2, 0.25) is 0 Å². The normalized spacial score (nSPS) is 12.0. The van der Waals surface area contributed by atoms with Crippen molar-refractivity contribution in [3.8, 4) is 5.69 Å². The average Bonchev–Trinajstić information content (AvgIpc) is 3.27. The van der Waals surface area contributed by atoms with Crippen LogP contribution in [0.25, 0.3) is 5.69 Å². The molecule has 0 saturated carbocycles. The van der Waals surface area contributed by atoms with Crippen LogP contribution in [-0.4, -0.2) is 32.1 Å². The largest absolute Gasteiger partial charge is 0.378 e. The second-order valence-electron chi connectivity index (χ2n) is 8.19. The molecule has 2 N–H and O–H groups in total. The molecule has 0 aliphatic rings. The van der Waals surface area contributed by atoms with Crippen LogP contribution in [0.15, 0.2) is 89.1 Å². The zero-order valence-corrected chi connectivity index (χ0v) is 20.8. The summed E-state index contributed by atoms with van der Waals surface area (Å²) in [5.41, 5.74) is 7.87. The molecule has 35 heavy (non-hydrogen) atoms. The Bertz CT molecular complexity index is 1280. The second kappa shape index (κ2) is 11.5. The average molecular weight is 485 g/mol. The lowest BCUT2D eigenvalue weighted by atomic mass is 10.2. The summed E-state index contributed by atoms with van der Waals surface area (Å²) in [7, 11) is 0. The number of carbonyl (C=O) groups excluding carboxylic acids is 1. The lowest BCUT2D eigenvalue weighted by Gasteiger charge is -2.13. The van der Waals surface area contributed by atoms with Gasteiger partial charge >= 0.3 is 0 Å². The van der Waals surface area contributed by atoms with Crippen LogP contribution in [-0.2, 0) is 11.3 Å². The summed E-state index contributed by atoms with van der Waals surface area (Å²) >= 11 is 1.34. The van der Waals surface area contributed by atoms with Gasteiger partial charge in [0.1, 0.15) is 0 Å². The molecule has 1 aromatic heterocycles. The topological polar surface area (TPSA) is 84.2 Å². The highest BCUT2D eigenvalue weighted by atomic mass is 32.2. The molecular weight excluding hydrogens is 456 g/mol. The van der Waals surface area contributed by atoms with Crippen molar-refractivity contribution in [1.82, 2.24) is 20.2 Å². The highest BCUT2D eigenvalue weighted by Gasteiger charge is 2.21. The van der Waals surface area contributed by atoms with Gasteiger partial charge < -0.3 is 5.32 Å². The number of aryl methyl sites for hydroxylation is 2. The van der Waals surface area contributed by atoms with Gasteiger partial charge in [-0.05, 0) is 50.6 Å². The molecule has 0 aliphatic carbocycles. The van der Waals surface area contributed by atoms with Crippen LogP contribution in [0.5, 0.6) is 0 Å². The quantitative estimate of drug-likeness (QED) is 0.196. The number of benzene rings is 3. The van der Waals surface area contributed by atoms with Crippen LogP contribution in [0, 0.1) is 13.8 Å². The third kappa shape index (κ3) is 6.58. The van der Waals surface area contributed by atoms with Crippen molar-refractivity contribution in [3.63, 3.8) is 0 Å². The molecule has 0 spiro atoms. The van der Waals surface area contributed by atoms with E-state index in [-0.39, 0.29) is 5.91 Å². The van der Waals surface area contributed by atoms with E-state index < -0.39 is 5.25 Å². The molecule has 3 aromatic carbocycles. The summed E-state index contributed by atoms with van der Waals surface area (Å²) in [6, 6.07) is 26.0. The maximum Gasteiger partial charge on any atom is 0.253 e. The molecule has 1 atom stereocenters. The van der Waals surface area contributed by atoms with Gasteiger partial charge in [-0.3, -0.25) is 9.36 Å². The van der Waals surface area contributed by atoms with Gasteiger partial charge in [-0.1, -0.05) is 77.5 Å². The van der Waals surface area contributed by atoms with Crippen molar-refractivity contribution in [2.75, 3.05) is 5.32 Å². The van der Waals surface area contributed by atoms with E-state index >= 15 is 0 Å². The van der Waals surface area contributed by atoms with Crippen LogP contribution in [0.2, 0.25) is 0 Å². The number of thioether (sulfide) groups is 1. The third-order valence-corrected chi connectivity index (χ3v) is 6.38. The number of nitrogens with one attached hydrogen (secondary N) is 2. The Morgan fingerprint density at radius 2 is 1.63 bits per heavy atom. The number of hydrazone groups is 1. The van der Waals surface area contributed by atoms with Crippen LogP contribution < -0.4 is 10.7 Å². The molecule has 178 valence electrons. The van der Waals surface area contributed by atoms with E-state index in [1.54, 1.807) is 6.21 Å². The lowest BCUT2D eigenvalue weighted by Crippen LogP contribution is -2.27. The number of hydrogen-bond donors (Lipinski definition) is 2. The van der Waals surface area contributed by atoms with Crippen LogP contribution in [0.4, 0.5) is 5.69 Å². The van der Waals surface area contributed by atoms with Gasteiger partial charge in [-0.15, -0.1) is 10.2 Å². The van der Waals surface area contributed by atoms with E-state index in [4.69, 9.17) is 0 Å². The Hall–Kier alpha value is -3.91. The van der Waals surface area contributed by atoms with Crippen molar-refractivity contribution < 1.29 is 4.79 Å². The van der Waals surface area contributed by atoms with Gasteiger partial charge in [0.05, 0.1) is 18.0 Å². The first kappa shape index (κ1) is 24.2. The first-order chi connectivity index (χ1) is 17.0. The molecule has 4 rings (SSSR count). The Balaban J connectivity index is 1.46. The molecule has 0 saturated heterocycles. The number of anilines is 1. The van der Waals surface area contributed by atoms with Gasteiger partial charge in [0.15, 0.2) is 11.0 Å². The first-order valence-corrected chi connectivity index (χ1v) is 12.2. The van der Waals surface area contributed by atoms with Crippen molar-refractivity contribution in [1.29, 1.82) is 0 Å². The number of nitrogens with zero attached hydrogens (tertiary/aromatic N) is 4. The summed E-state index contributed by atoms with van der Waals surface area (Å²) < 4.78 is 1.98. The number of aromatic nitrogens is 3. The molecule has 0 radical (unpaired) electrons. The summed E-state index contributed by atoms with van der Waals surface area (Å²) in [4.78, 5) is 12.7. The second-order valence-corrected chi connectivity index (χ2v) is 9.50. The SMILES string of the molecule is Cc1ccc(C=NNC(=O)[C@@H](C)Sc2nnc(CNc3ccc(C)cc3)n2-c2ccccc2)cc1. The van der Waals surface area contributed by atoms with Crippen molar-refractivity contribution in [3.05, 3.63) is 101 Å². The van der Waals surface area contributed by atoms with E-state index in [2.05, 4.69) is 45.1 Å². The molecule has 0 fully saturated rings. The summed E-state index contributed by atoms with van der Waals surface area (Å²) in [6.45, 7) is 6.41. The number of carbonyl (C=O) groups is 1. The first-order valence-electron chi connectivity index (χ1n) is 11.4. The van der Waals surface area contributed by atoms with Crippen molar-refractivity contribution >= 4 is 29.6 Å².